The molecule has 2 heterocycles. The lowest BCUT2D eigenvalue weighted by atomic mass is 10.0. The van der Waals surface area contributed by atoms with Crippen molar-refractivity contribution in [1.29, 1.82) is 0 Å². The zero-order valence-corrected chi connectivity index (χ0v) is 14.3. The number of nitrogens with zero attached hydrogens (tertiary/aromatic N) is 2. The average molecular weight is 314 g/mol. The lowest BCUT2D eigenvalue weighted by Gasteiger charge is -2.39. The number of alkyl halides is 1. The number of hydrogen-bond donors (Lipinski definition) is 0. The van der Waals surface area contributed by atoms with Gasteiger partial charge in [-0.3, -0.25) is 9.69 Å². The van der Waals surface area contributed by atoms with Crippen molar-refractivity contribution in [3.63, 3.8) is 0 Å². The molecule has 4 nitrogen and oxygen atoms in total. The Morgan fingerprint density at radius 3 is 2.45 bits per heavy atom. The molecule has 22 heavy (non-hydrogen) atoms. The van der Waals surface area contributed by atoms with E-state index in [9.17, 15) is 9.18 Å². The third-order valence-corrected chi connectivity index (χ3v) is 4.65. The zero-order valence-electron chi connectivity index (χ0n) is 14.3. The van der Waals surface area contributed by atoms with Crippen LogP contribution in [0.25, 0.3) is 0 Å². The second-order valence-corrected chi connectivity index (χ2v) is 7.07. The van der Waals surface area contributed by atoms with Crippen molar-refractivity contribution in [2.45, 2.75) is 64.8 Å². The maximum Gasteiger partial charge on any atom is 0.222 e. The fourth-order valence-corrected chi connectivity index (χ4v) is 3.49. The summed E-state index contributed by atoms with van der Waals surface area (Å²) in [4.78, 5) is 15.8. The van der Waals surface area contributed by atoms with Gasteiger partial charge in [0, 0.05) is 39.1 Å². The second kappa shape index (κ2) is 8.25. The number of amides is 1. The highest BCUT2D eigenvalue weighted by molar-refractivity contribution is 5.75. The summed E-state index contributed by atoms with van der Waals surface area (Å²) in [5, 5.41) is 0. The molecule has 0 saturated carbocycles. The standard InChI is InChI=1S/C17H31FN2O2/c1-4-17(21)20-9-5-14(6-10-20)22-16-7-8-19(11-13(2)3)12-15(16)18/h13-16H,4-12H2,1-3H3. The van der Waals surface area contributed by atoms with Gasteiger partial charge in [-0.15, -0.1) is 0 Å². The first kappa shape index (κ1) is 17.7. The van der Waals surface area contributed by atoms with E-state index in [4.69, 9.17) is 4.74 Å². The minimum atomic E-state index is -0.886. The van der Waals surface area contributed by atoms with Crippen LogP contribution < -0.4 is 0 Å². The number of ether oxygens (including phenoxy) is 1. The van der Waals surface area contributed by atoms with Gasteiger partial charge >= 0.3 is 0 Å². The summed E-state index contributed by atoms with van der Waals surface area (Å²) in [5.41, 5.74) is 0. The molecule has 0 bridgehead atoms. The molecule has 128 valence electrons. The smallest absolute Gasteiger partial charge is 0.222 e. The van der Waals surface area contributed by atoms with E-state index in [0.717, 1.165) is 45.4 Å². The van der Waals surface area contributed by atoms with Crippen molar-refractivity contribution in [2.75, 3.05) is 32.7 Å². The lowest BCUT2D eigenvalue weighted by Crippen LogP contribution is -2.49. The van der Waals surface area contributed by atoms with Crippen molar-refractivity contribution in [2.24, 2.45) is 5.92 Å². The molecule has 0 aromatic heterocycles. The predicted molar refractivity (Wildman–Crippen MR) is 85.6 cm³/mol. The molecule has 0 N–H and O–H groups in total. The van der Waals surface area contributed by atoms with E-state index in [-0.39, 0.29) is 18.1 Å². The van der Waals surface area contributed by atoms with Gasteiger partial charge in [0.2, 0.25) is 5.91 Å². The number of carbonyl (C=O) groups is 1. The lowest BCUT2D eigenvalue weighted by molar-refractivity contribution is -0.136. The van der Waals surface area contributed by atoms with Crippen molar-refractivity contribution in [3.8, 4) is 0 Å². The molecule has 0 aromatic rings. The van der Waals surface area contributed by atoms with Crippen molar-refractivity contribution < 1.29 is 13.9 Å². The summed E-state index contributed by atoms with van der Waals surface area (Å²) >= 11 is 0. The fraction of sp³-hybridized carbons (Fsp3) is 0.941. The molecule has 0 radical (unpaired) electrons. The van der Waals surface area contributed by atoms with Gasteiger partial charge in [-0.1, -0.05) is 20.8 Å². The summed E-state index contributed by atoms with van der Waals surface area (Å²) in [7, 11) is 0. The number of hydrogen-bond acceptors (Lipinski definition) is 3. The highest BCUT2D eigenvalue weighted by Gasteiger charge is 2.33. The highest BCUT2D eigenvalue weighted by atomic mass is 19.1. The molecular formula is C17H31FN2O2. The van der Waals surface area contributed by atoms with E-state index in [1.165, 1.54) is 0 Å². The highest BCUT2D eigenvalue weighted by Crippen LogP contribution is 2.23. The predicted octanol–water partition coefficient (Wildman–Crippen LogP) is 2.47. The maximum atomic E-state index is 14.3. The van der Waals surface area contributed by atoms with Gasteiger partial charge in [0.05, 0.1) is 12.2 Å². The molecule has 2 rings (SSSR count). The van der Waals surface area contributed by atoms with Crippen LogP contribution in [0, 0.1) is 5.92 Å². The van der Waals surface area contributed by atoms with E-state index in [1.807, 2.05) is 11.8 Å². The van der Waals surface area contributed by atoms with Crippen molar-refractivity contribution in [3.05, 3.63) is 0 Å². The first-order valence-electron chi connectivity index (χ1n) is 8.79. The monoisotopic (exact) mass is 314 g/mol. The van der Waals surface area contributed by atoms with Gasteiger partial charge in [-0.25, -0.2) is 4.39 Å². The summed E-state index contributed by atoms with van der Waals surface area (Å²) in [6.45, 7) is 10.1. The van der Waals surface area contributed by atoms with E-state index in [0.29, 0.717) is 18.9 Å². The van der Waals surface area contributed by atoms with Gasteiger partial charge < -0.3 is 9.64 Å². The van der Waals surface area contributed by atoms with Crippen LogP contribution in [0.1, 0.15) is 46.5 Å². The number of likely N-dealkylation sites (tertiary alicyclic amines) is 2. The quantitative estimate of drug-likeness (QED) is 0.781. The molecule has 2 aliphatic rings. The average Bonchev–Trinajstić information content (AvgIpc) is 2.49. The van der Waals surface area contributed by atoms with Crippen LogP contribution in [-0.4, -0.2) is 66.8 Å². The van der Waals surface area contributed by atoms with Gasteiger partial charge in [0.1, 0.15) is 6.17 Å². The Labute approximate surface area is 134 Å². The Hall–Kier alpha value is -0.680. The molecule has 2 saturated heterocycles. The summed E-state index contributed by atoms with van der Waals surface area (Å²) < 4.78 is 20.4. The minimum absolute atomic E-state index is 0.112. The molecule has 0 aliphatic carbocycles. The van der Waals surface area contributed by atoms with Crippen LogP contribution in [0.3, 0.4) is 0 Å². The van der Waals surface area contributed by atoms with Crippen LogP contribution in [0.15, 0.2) is 0 Å². The SMILES string of the molecule is CCC(=O)N1CCC(OC2CCN(CC(C)C)CC2F)CC1. The molecule has 1 amide bonds. The van der Waals surface area contributed by atoms with Crippen LogP contribution in [0.2, 0.25) is 0 Å². The van der Waals surface area contributed by atoms with Crippen LogP contribution in [0.5, 0.6) is 0 Å². The normalized spacial score (nSPS) is 28.3. The molecule has 5 heteroatoms. The topological polar surface area (TPSA) is 32.8 Å². The molecule has 2 fully saturated rings. The zero-order chi connectivity index (χ0) is 16.1. The molecule has 0 spiro atoms. The number of rotatable bonds is 5. The first-order valence-corrected chi connectivity index (χ1v) is 8.79. The van der Waals surface area contributed by atoms with Crippen molar-refractivity contribution in [1.82, 2.24) is 9.80 Å². The Morgan fingerprint density at radius 1 is 1.23 bits per heavy atom. The fourth-order valence-electron chi connectivity index (χ4n) is 3.49. The Bertz CT molecular complexity index is 357. The van der Waals surface area contributed by atoms with E-state index in [1.54, 1.807) is 0 Å². The van der Waals surface area contributed by atoms with E-state index < -0.39 is 6.17 Å². The maximum absolute atomic E-state index is 14.3. The number of piperidine rings is 2. The van der Waals surface area contributed by atoms with Crippen LogP contribution in [0.4, 0.5) is 4.39 Å². The summed E-state index contributed by atoms with van der Waals surface area (Å²) in [5.74, 6) is 0.786. The first-order chi connectivity index (χ1) is 10.5. The largest absolute Gasteiger partial charge is 0.372 e. The second-order valence-electron chi connectivity index (χ2n) is 7.07. The van der Waals surface area contributed by atoms with Crippen molar-refractivity contribution >= 4 is 5.91 Å². The number of halogens is 1. The van der Waals surface area contributed by atoms with E-state index >= 15 is 0 Å². The Balaban J connectivity index is 1.73. The summed E-state index contributed by atoms with van der Waals surface area (Å²) in [6.07, 6.45) is 1.98. The third-order valence-electron chi connectivity index (χ3n) is 4.65. The van der Waals surface area contributed by atoms with Gasteiger partial charge in [0.25, 0.3) is 0 Å². The third kappa shape index (κ3) is 4.92. The molecule has 2 atom stereocenters. The van der Waals surface area contributed by atoms with Crippen LogP contribution >= 0.6 is 0 Å². The minimum Gasteiger partial charge on any atom is -0.372 e. The summed E-state index contributed by atoms with van der Waals surface area (Å²) in [6, 6.07) is 0. The van der Waals surface area contributed by atoms with Crippen LogP contribution in [-0.2, 0) is 9.53 Å². The molecule has 2 unspecified atom stereocenters. The van der Waals surface area contributed by atoms with Gasteiger partial charge in [0.15, 0.2) is 0 Å². The Morgan fingerprint density at radius 2 is 1.91 bits per heavy atom. The molecular weight excluding hydrogens is 283 g/mol. The van der Waals surface area contributed by atoms with E-state index in [2.05, 4.69) is 18.7 Å². The number of carbonyl (C=O) groups excluding carboxylic acids is 1. The molecule has 0 aromatic carbocycles. The van der Waals surface area contributed by atoms with Gasteiger partial charge in [-0.2, -0.15) is 0 Å². The van der Waals surface area contributed by atoms with Gasteiger partial charge in [-0.05, 0) is 25.2 Å². The Kier molecular flexibility index (Phi) is 6.63. The molecule has 2 aliphatic heterocycles.